The average molecular weight is 375 g/mol. The molecule has 1 aromatic heterocycles. The Labute approximate surface area is 136 Å². The van der Waals surface area contributed by atoms with Gasteiger partial charge in [0.25, 0.3) is 0 Å². The summed E-state index contributed by atoms with van der Waals surface area (Å²) in [5.41, 5.74) is 1.58. The molecule has 0 aliphatic heterocycles. The van der Waals surface area contributed by atoms with Gasteiger partial charge >= 0.3 is 0 Å². The Balaban J connectivity index is 2.51. The first-order chi connectivity index (χ1) is 9.52. The highest BCUT2D eigenvalue weighted by Gasteiger charge is 2.13. The largest absolute Gasteiger partial charge is 0.369 e. The number of aryl methyl sites for hydroxylation is 1. The molecule has 0 radical (unpaired) electrons. The molecule has 2 rings (SSSR count). The number of nitrogens with one attached hydrogen (secondary N) is 1. The van der Waals surface area contributed by atoms with Gasteiger partial charge < -0.3 is 5.32 Å². The van der Waals surface area contributed by atoms with E-state index in [1.165, 1.54) is 0 Å². The van der Waals surface area contributed by atoms with Crippen LogP contribution in [0.5, 0.6) is 0 Å². The van der Waals surface area contributed by atoms with Crippen molar-refractivity contribution in [3.63, 3.8) is 0 Å². The maximum absolute atomic E-state index is 6.21. The van der Waals surface area contributed by atoms with Crippen molar-refractivity contribution in [3.05, 3.63) is 38.4 Å². The minimum atomic E-state index is 0.566. The van der Waals surface area contributed by atoms with Crippen LogP contribution in [0.3, 0.4) is 0 Å². The van der Waals surface area contributed by atoms with Gasteiger partial charge in [0.05, 0.1) is 15.2 Å². The van der Waals surface area contributed by atoms with Gasteiger partial charge in [-0.2, -0.15) is 0 Å². The fourth-order valence-electron chi connectivity index (χ4n) is 1.71. The molecule has 1 aromatic carbocycles. The van der Waals surface area contributed by atoms with Crippen molar-refractivity contribution in [2.45, 2.75) is 20.3 Å². The summed E-state index contributed by atoms with van der Waals surface area (Å²) in [6.07, 6.45) is 1.02. The standard InChI is InChI=1S/C14H14BrCl2N3/c1-3-6-18-14-12(15)8(2)19-13(20-14)10-7-9(16)4-5-11(10)17/h4-5,7H,3,6H2,1-2H3,(H,18,19,20). The molecule has 0 aliphatic carbocycles. The Hall–Kier alpha value is -0.840. The second kappa shape index (κ2) is 6.74. The first-order valence-electron chi connectivity index (χ1n) is 6.26. The number of hydrogen-bond acceptors (Lipinski definition) is 3. The molecule has 1 heterocycles. The third-order valence-corrected chi connectivity index (χ3v) is 4.24. The van der Waals surface area contributed by atoms with Crippen LogP contribution in [0.25, 0.3) is 11.4 Å². The SMILES string of the molecule is CCCNc1nc(-c2cc(Cl)ccc2Cl)nc(C)c1Br. The molecule has 0 spiro atoms. The molecule has 0 saturated carbocycles. The average Bonchev–Trinajstić information content (AvgIpc) is 2.43. The molecule has 2 aromatic rings. The summed E-state index contributed by atoms with van der Waals surface area (Å²) in [5, 5.41) is 4.46. The normalized spacial score (nSPS) is 10.7. The number of benzene rings is 1. The highest BCUT2D eigenvalue weighted by molar-refractivity contribution is 9.10. The molecule has 6 heteroatoms. The summed E-state index contributed by atoms with van der Waals surface area (Å²) >= 11 is 15.7. The molecule has 0 fully saturated rings. The zero-order valence-electron chi connectivity index (χ0n) is 11.2. The Bertz CT molecular complexity index is 632. The minimum Gasteiger partial charge on any atom is -0.369 e. The van der Waals surface area contributed by atoms with Crippen LogP contribution in [0.2, 0.25) is 10.0 Å². The number of anilines is 1. The van der Waals surface area contributed by atoms with Crippen LogP contribution in [0.1, 0.15) is 19.0 Å². The Morgan fingerprint density at radius 1 is 1.25 bits per heavy atom. The van der Waals surface area contributed by atoms with Gasteiger partial charge in [-0.05, 0) is 47.5 Å². The minimum absolute atomic E-state index is 0.566. The summed E-state index contributed by atoms with van der Waals surface area (Å²) in [6, 6.07) is 5.27. The van der Waals surface area contributed by atoms with Crippen LogP contribution < -0.4 is 5.32 Å². The van der Waals surface area contributed by atoms with Gasteiger partial charge in [-0.1, -0.05) is 30.1 Å². The number of aromatic nitrogens is 2. The molecule has 0 unspecified atom stereocenters. The van der Waals surface area contributed by atoms with Crippen molar-refractivity contribution in [2.75, 3.05) is 11.9 Å². The predicted octanol–water partition coefficient (Wildman–Crippen LogP) is 5.34. The van der Waals surface area contributed by atoms with Crippen LogP contribution >= 0.6 is 39.1 Å². The molecule has 0 saturated heterocycles. The Morgan fingerprint density at radius 2 is 2.00 bits per heavy atom. The van der Waals surface area contributed by atoms with Crippen LogP contribution in [-0.2, 0) is 0 Å². The van der Waals surface area contributed by atoms with Crippen molar-refractivity contribution in [1.82, 2.24) is 9.97 Å². The molecule has 0 bridgehead atoms. The molecule has 106 valence electrons. The fourth-order valence-corrected chi connectivity index (χ4v) is 2.40. The van der Waals surface area contributed by atoms with Crippen LogP contribution in [0.4, 0.5) is 5.82 Å². The maximum Gasteiger partial charge on any atom is 0.163 e. The van der Waals surface area contributed by atoms with E-state index < -0.39 is 0 Å². The quantitative estimate of drug-likeness (QED) is 0.784. The number of halogens is 3. The zero-order valence-corrected chi connectivity index (χ0v) is 14.3. The summed E-state index contributed by atoms with van der Waals surface area (Å²) in [5.74, 6) is 1.34. The van der Waals surface area contributed by atoms with E-state index in [0.717, 1.165) is 34.5 Å². The van der Waals surface area contributed by atoms with Crippen molar-refractivity contribution in [1.29, 1.82) is 0 Å². The first-order valence-corrected chi connectivity index (χ1v) is 7.81. The first kappa shape index (κ1) is 15.5. The van der Waals surface area contributed by atoms with Crippen molar-refractivity contribution < 1.29 is 0 Å². The van der Waals surface area contributed by atoms with Gasteiger partial charge in [-0.25, -0.2) is 9.97 Å². The Kier molecular flexibility index (Phi) is 5.24. The smallest absolute Gasteiger partial charge is 0.163 e. The van der Waals surface area contributed by atoms with Gasteiger partial charge in [0, 0.05) is 17.1 Å². The molecule has 1 N–H and O–H groups in total. The number of hydrogen-bond donors (Lipinski definition) is 1. The van der Waals surface area contributed by atoms with E-state index in [1.54, 1.807) is 18.2 Å². The second-order valence-electron chi connectivity index (χ2n) is 4.35. The molecule has 20 heavy (non-hydrogen) atoms. The van der Waals surface area contributed by atoms with Gasteiger partial charge in [0.2, 0.25) is 0 Å². The zero-order chi connectivity index (χ0) is 14.7. The summed E-state index contributed by atoms with van der Waals surface area (Å²) < 4.78 is 0.868. The maximum atomic E-state index is 6.21. The second-order valence-corrected chi connectivity index (χ2v) is 5.98. The van der Waals surface area contributed by atoms with E-state index in [-0.39, 0.29) is 0 Å². The van der Waals surface area contributed by atoms with E-state index in [0.29, 0.717) is 15.9 Å². The lowest BCUT2D eigenvalue weighted by Gasteiger charge is -2.11. The highest BCUT2D eigenvalue weighted by atomic mass is 79.9. The predicted molar refractivity (Wildman–Crippen MR) is 88.7 cm³/mol. The summed E-state index contributed by atoms with van der Waals surface area (Å²) in [4.78, 5) is 9.00. The van der Waals surface area contributed by atoms with Crippen molar-refractivity contribution >= 4 is 44.9 Å². The third-order valence-electron chi connectivity index (χ3n) is 2.73. The number of rotatable bonds is 4. The van der Waals surface area contributed by atoms with E-state index in [9.17, 15) is 0 Å². The van der Waals surface area contributed by atoms with Crippen LogP contribution in [0, 0.1) is 6.92 Å². The topological polar surface area (TPSA) is 37.8 Å². The fraction of sp³-hybridized carbons (Fsp3) is 0.286. The highest BCUT2D eigenvalue weighted by Crippen LogP contribution is 2.32. The molecule has 0 atom stereocenters. The monoisotopic (exact) mass is 373 g/mol. The van der Waals surface area contributed by atoms with Gasteiger partial charge in [-0.15, -0.1) is 0 Å². The van der Waals surface area contributed by atoms with E-state index in [1.807, 2.05) is 6.92 Å². The summed E-state index contributed by atoms with van der Waals surface area (Å²) in [6.45, 7) is 4.87. The molecule has 3 nitrogen and oxygen atoms in total. The van der Waals surface area contributed by atoms with E-state index in [4.69, 9.17) is 23.2 Å². The lowest BCUT2D eigenvalue weighted by Crippen LogP contribution is -2.06. The lowest BCUT2D eigenvalue weighted by atomic mass is 10.2. The van der Waals surface area contributed by atoms with Crippen molar-refractivity contribution in [2.24, 2.45) is 0 Å². The van der Waals surface area contributed by atoms with Crippen molar-refractivity contribution in [3.8, 4) is 11.4 Å². The molecular weight excluding hydrogens is 361 g/mol. The molecule has 0 aliphatic rings. The molecular formula is C14H14BrCl2N3. The number of nitrogens with zero attached hydrogens (tertiary/aromatic N) is 2. The third kappa shape index (κ3) is 3.43. The van der Waals surface area contributed by atoms with Crippen LogP contribution in [0.15, 0.2) is 22.7 Å². The van der Waals surface area contributed by atoms with E-state index in [2.05, 4.69) is 38.1 Å². The Morgan fingerprint density at radius 3 is 2.70 bits per heavy atom. The summed E-state index contributed by atoms with van der Waals surface area (Å²) in [7, 11) is 0. The van der Waals surface area contributed by atoms with Gasteiger partial charge in [0.1, 0.15) is 5.82 Å². The lowest BCUT2D eigenvalue weighted by molar-refractivity contribution is 0.958. The van der Waals surface area contributed by atoms with Gasteiger partial charge in [-0.3, -0.25) is 0 Å². The van der Waals surface area contributed by atoms with E-state index >= 15 is 0 Å². The van der Waals surface area contributed by atoms with Crippen LogP contribution in [-0.4, -0.2) is 16.5 Å². The van der Waals surface area contributed by atoms with Gasteiger partial charge in [0.15, 0.2) is 5.82 Å². The molecule has 0 amide bonds.